The second kappa shape index (κ2) is 10.7. The van der Waals surface area contributed by atoms with Gasteiger partial charge in [-0.3, -0.25) is 4.79 Å². The molecule has 4 rings (SSSR count). The van der Waals surface area contributed by atoms with Crippen molar-refractivity contribution in [2.45, 2.75) is 39.9 Å². The van der Waals surface area contributed by atoms with Crippen molar-refractivity contribution < 1.29 is 4.74 Å². The smallest absolute Gasteiger partial charge is 0.253 e. The maximum absolute atomic E-state index is 13.0. The van der Waals surface area contributed by atoms with Crippen LogP contribution in [0.25, 0.3) is 10.9 Å². The lowest BCUT2D eigenvalue weighted by molar-refractivity contribution is 0.390. The Morgan fingerprint density at radius 2 is 1.74 bits per heavy atom. The highest BCUT2D eigenvalue weighted by Gasteiger charge is 2.17. The zero-order chi connectivity index (χ0) is 24.9. The standard InChI is InChI=1S/C29H31N3O2S/c1-19-14-20(2)26-16-24(28(33)31-27(26)15-19)18-32(17-22-10-12-25(34-4)13-11-22)29(35)30-21(3)23-8-6-5-7-9-23/h5-16,21H,17-18H2,1-4H3,(H,30,35)(H,31,33)/t21-/m0/s1. The van der Waals surface area contributed by atoms with Crippen LogP contribution in [0.5, 0.6) is 5.75 Å². The highest BCUT2D eigenvalue weighted by molar-refractivity contribution is 7.80. The van der Waals surface area contributed by atoms with Gasteiger partial charge in [-0.1, -0.05) is 48.5 Å². The van der Waals surface area contributed by atoms with Crippen molar-refractivity contribution in [2.24, 2.45) is 0 Å². The van der Waals surface area contributed by atoms with Gasteiger partial charge in [0, 0.05) is 23.0 Å². The number of rotatable bonds is 7. The first-order valence-corrected chi connectivity index (χ1v) is 12.1. The number of methoxy groups -OCH3 is 1. The van der Waals surface area contributed by atoms with Crippen LogP contribution in [0.4, 0.5) is 0 Å². The van der Waals surface area contributed by atoms with Crippen LogP contribution in [0.15, 0.2) is 77.6 Å². The summed E-state index contributed by atoms with van der Waals surface area (Å²) in [5, 5.41) is 5.10. The van der Waals surface area contributed by atoms with Crippen LogP contribution in [-0.2, 0) is 13.1 Å². The molecule has 0 saturated carbocycles. The number of fused-ring (bicyclic) bond motifs is 1. The van der Waals surface area contributed by atoms with Gasteiger partial charge in [0.15, 0.2) is 5.11 Å². The topological polar surface area (TPSA) is 57.4 Å². The molecule has 180 valence electrons. The van der Waals surface area contributed by atoms with E-state index in [-0.39, 0.29) is 11.6 Å². The molecule has 3 aromatic carbocycles. The van der Waals surface area contributed by atoms with Gasteiger partial charge in [-0.2, -0.15) is 0 Å². The summed E-state index contributed by atoms with van der Waals surface area (Å²) in [6.45, 7) is 7.13. The van der Waals surface area contributed by atoms with Crippen molar-refractivity contribution in [3.8, 4) is 5.75 Å². The van der Waals surface area contributed by atoms with Crippen molar-refractivity contribution in [1.82, 2.24) is 15.2 Å². The van der Waals surface area contributed by atoms with E-state index in [0.29, 0.717) is 23.8 Å². The quantitative estimate of drug-likeness (QED) is 0.325. The van der Waals surface area contributed by atoms with Crippen LogP contribution in [0.3, 0.4) is 0 Å². The molecule has 1 atom stereocenters. The van der Waals surface area contributed by atoms with E-state index in [1.165, 1.54) is 0 Å². The van der Waals surface area contributed by atoms with Gasteiger partial charge < -0.3 is 19.9 Å². The Bertz CT molecular complexity index is 1380. The van der Waals surface area contributed by atoms with Crippen LogP contribution in [0, 0.1) is 13.8 Å². The third-order valence-electron chi connectivity index (χ3n) is 6.21. The maximum atomic E-state index is 13.0. The molecular formula is C29H31N3O2S. The summed E-state index contributed by atoms with van der Waals surface area (Å²) in [5.41, 5.74) is 5.92. The van der Waals surface area contributed by atoms with Crippen molar-refractivity contribution in [2.75, 3.05) is 7.11 Å². The summed E-state index contributed by atoms with van der Waals surface area (Å²) >= 11 is 5.86. The average Bonchev–Trinajstić information content (AvgIpc) is 2.85. The summed E-state index contributed by atoms with van der Waals surface area (Å²) in [5.74, 6) is 0.801. The molecule has 6 heteroatoms. The number of aromatic nitrogens is 1. The fraction of sp³-hybridized carbons (Fsp3) is 0.241. The Balaban J connectivity index is 1.64. The average molecular weight is 486 g/mol. The second-order valence-electron chi connectivity index (χ2n) is 8.95. The molecule has 0 radical (unpaired) electrons. The second-order valence-corrected chi connectivity index (χ2v) is 9.34. The number of thiocarbonyl (C=S) groups is 1. The molecule has 0 fully saturated rings. The summed E-state index contributed by atoms with van der Waals surface area (Å²) in [6.07, 6.45) is 0. The predicted octanol–water partition coefficient (Wildman–Crippen LogP) is 5.79. The minimum Gasteiger partial charge on any atom is -0.497 e. The van der Waals surface area contributed by atoms with E-state index in [4.69, 9.17) is 17.0 Å². The van der Waals surface area contributed by atoms with E-state index in [2.05, 4.69) is 42.3 Å². The molecule has 35 heavy (non-hydrogen) atoms. The minimum absolute atomic E-state index is 0.0298. The Morgan fingerprint density at radius 1 is 1.03 bits per heavy atom. The van der Waals surface area contributed by atoms with Gasteiger partial charge >= 0.3 is 0 Å². The van der Waals surface area contributed by atoms with Crippen molar-refractivity contribution >= 4 is 28.2 Å². The molecule has 0 unspecified atom stereocenters. The summed E-state index contributed by atoms with van der Waals surface area (Å²) in [7, 11) is 1.65. The molecule has 0 aliphatic heterocycles. The van der Waals surface area contributed by atoms with Gasteiger partial charge in [0.2, 0.25) is 0 Å². The number of ether oxygens (including phenoxy) is 1. The van der Waals surface area contributed by atoms with E-state index in [0.717, 1.165) is 38.9 Å². The SMILES string of the molecule is COc1ccc(CN(Cc2cc3c(C)cc(C)cc3[nH]c2=O)C(=S)N[C@@H](C)c2ccccc2)cc1. The van der Waals surface area contributed by atoms with Gasteiger partial charge in [-0.15, -0.1) is 0 Å². The van der Waals surface area contributed by atoms with E-state index >= 15 is 0 Å². The molecule has 0 bridgehead atoms. The van der Waals surface area contributed by atoms with Gasteiger partial charge in [0.1, 0.15) is 5.75 Å². The molecule has 0 aliphatic rings. The largest absolute Gasteiger partial charge is 0.497 e. The number of hydrogen-bond acceptors (Lipinski definition) is 3. The fourth-order valence-corrected chi connectivity index (χ4v) is 4.60. The Morgan fingerprint density at radius 3 is 2.43 bits per heavy atom. The molecule has 1 aromatic heterocycles. The highest BCUT2D eigenvalue weighted by Crippen LogP contribution is 2.21. The molecule has 0 spiro atoms. The third-order valence-corrected chi connectivity index (χ3v) is 6.59. The zero-order valence-electron chi connectivity index (χ0n) is 20.6. The van der Waals surface area contributed by atoms with E-state index < -0.39 is 0 Å². The first kappa shape index (κ1) is 24.5. The predicted molar refractivity (Wildman–Crippen MR) is 147 cm³/mol. The summed E-state index contributed by atoms with van der Waals surface area (Å²) in [4.78, 5) is 18.1. The Kier molecular flexibility index (Phi) is 7.51. The van der Waals surface area contributed by atoms with Crippen LogP contribution in [-0.4, -0.2) is 22.1 Å². The van der Waals surface area contributed by atoms with Crippen LogP contribution in [0.1, 0.15) is 40.8 Å². The van der Waals surface area contributed by atoms with E-state index in [9.17, 15) is 4.79 Å². The van der Waals surface area contributed by atoms with Gasteiger partial charge in [0.05, 0.1) is 19.7 Å². The van der Waals surface area contributed by atoms with Crippen molar-refractivity contribution in [3.05, 3.63) is 111 Å². The van der Waals surface area contributed by atoms with Crippen LogP contribution >= 0.6 is 12.2 Å². The molecule has 5 nitrogen and oxygen atoms in total. The molecule has 0 amide bonds. The first-order valence-electron chi connectivity index (χ1n) is 11.7. The highest BCUT2D eigenvalue weighted by atomic mass is 32.1. The Hall–Kier alpha value is -3.64. The summed E-state index contributed by atoms with van der Waals surface area (Å²) < 4.78 is 5.30. The number of H-pyrrole nitrogens is 1. The monoisotopic (exact) mass is 485 g/mol. The molecule has 2 N–H and O–H groups in total. The third kappa shape index (κ3) is 5.89. The number of aromatic amines is 1. The zero-order valence-corrected chi connectivity index (χ0v) is 21.4. The van der Waals surface area contributed by atoms with Gasteiger partial charge in [-0.05, 0) is 79.5 Å². The maximum Gasteiger partial charge on any atom is 0.253 e. The number of aryl methyl sites for hydroxylation is 2. The van der Waals surface area contributed by atoms with E-state index in [1.807, 2.05) is 66.4 Å². The minimum atomic E-state index is -0.0962. The van der Waals surface area contributed by atoms with E-state index in [1.54, 1.807) is 7.11 Å². The fourth-order valence-electron chi connectivity index (χ4n) is 4.29. The molecule has 0 saturated heterocycles. The number of pyridine rings is 1. The lowest BCUT2D eigenvalue weighted by atomic mass is 10.0. The number of nitrogens with zero attached hydrogens (tertiary/aromatic N) is 1. The lowest BCUT2D eigenvalue weighted by Crippen LogP contribution is -2.41. The first-order chi connectivity index (χ1) is 16.8. The molecule has 4 aromatic rings. The normalized spacial score (nSPS) is 11.8. The number of nitrogens with one attached hydrogen (secondary N) is 2. The van der Waals surface area contributed by atoms with Gasteiger partial charge in [-0.25, -0.2) is 0 Å². The molecular weight excluding hydrogens is 454 g/mol. The number of hydrogen-bond donors (Lipinski definition) is 2. The lowest BCUT2D eigenvalue weighted by Gasteiger charge is -2.28. The number of benzene rings is 3. The van der Waals surface area contributed by atoms with Gasteiger partial charge in [0.25, 0.3) is 5.56 Å². The summed E-state index contributed by atoms with van der Waals surface area (Å²) in [6, 6.07) is 24.3. The Labute approximate surface area is 211 Å². The van der Waals surface area contributed by atoms with Crippen LogP contribution < -0.4 is 15.6 Å². The van der Waals surface area contributed by atoms with Crippen LogP contribution in [0.2, 0.25) is 0 Å². The molecule has 1 heterocycles. The molecule has 0 aliphatic carbocycles. The van der Waals surface area contributed by atoms with Crippen molar-refractivity contribution in [1.29, 1.82) is 0 Å². The van der Waals surface area contributed by atoms with Crippen molar-refractivity contribution in [3.63, 3.8) is 0 Å².